The minimum absolute atomic E-state index is 0.0476. The number of fused-ring (bicyclic) bond motifs is 1. The monoisotopic (exact) mass is 508 g/mol. The highest BCUT2D eigenvalue weighted by molar-refractivity contribution is 5.80. The zero-order chi connectivity index (χ0) is 26.5. The Morgan fingerprint density at radius 3 is 2.58 bits per heavy atom. The van der Waals surface area contributed by atoms with Gasteiger partial charge in [-0.15, -0.1) is 0 Å². The van der Waals surface area contributed by atoms with Gasteiger partial charge in [-0.2, -0.15) is 0 Å². The van der Waals surface area contributed by atoms with Crippen LogP contribution in [-0.4, -0.2) is 23.5 Å². The van der Waals surface area contributed by atoms with Gasteiger partial charge in [0.15, 0.2) is 6.10 Å². The summed E-state index contributed by atoms with van der Waals surface area (Å²) in [6.07, 6.45) is 0.214. The molecule has 0 aliphatic carbocycles. The van der Waals surface area contributed by atoms with E-state index in [1.54, 1.807) is 13.0 Å². The molecule has 0 radical (unpaired) electrons. The van der Waals surface area contributed by atoms with Crippen LogP contribution in [0.3, 0.4) is 0 Å². The zero-order valence-electron chi connectivity index (χ0n) is 21.9. The average Bonchev–Trinajstić information content (AvgIpc) is 2.93. The van der Waals surface area contributed by atoms with Crippen molar-refractivity contribution < 1.29 is 13.9 Å². The molecule has 0 unspecified atom stereocenters. The number of ether oxygens (including phenoxy) is 1. The van der Waals surface area contributed by atoms with Gasteiger partial charge in [-0.25, -0.2) is 4.39 Å². The molecule has 0 fully saturated rings. The molecule has 0 saturated heterocycles. The number of nitrogens with one attached hydrogen (secondary N) is 1. The lowest BCUT2D eigenvalue weighted by molar-refractivity contribution is -0.127. The molecule has 1 aliphatic rings. The Kier molecular flexibility index (Phi) is 7.85. The number of rotatable bonds is 8. The topological polar surface area (TPSA) is 41.6 Å². The van der Waals surface area contributed by atoms with Crippen molar-refractivity contribution >= 4 is 5.91 Å². The van der Waals surface area contributed by atoms with Crippen LogP contribution in [0.4, 0.5) is 4.39 Å². The summed E-state index contributed by atoms with van der Waals surface area (Å²) in [5, 5.41) is 2.98. The summed E-state index contributed by atoms with van der Waals surface area (Å²) in [5.74, 6) is 0.299. The van der Waals surface area contributed by atoms with Crippen LogP contribution in [0, 0.1) is 12.7 Å². The number of carbonyl (C=O) groups excluding carboxylic acids is 1. The van der Waals surface area contributed by atoms with E-state index in [0.29, 0.717) is 24.4 Å². The quantitative estimate of drug-likeness (QED) is 0.301. The van der Waals surface area contributed by atoms with Crippen LogP contribution in [0.25, 0.3) is 0 Å². The minimum atomic E-state index is -0.647. The molecule has 2 atom stereocenters. The molecule has 5 rings (SSSR count). The van der Waals surface area contributed by atoms with Gasteiger partial charge in [0.1, 0.15) is 11.6 Å². The fraction of sp³-hybridized carbons (Fsp3) is 0.242. The van der Waals surface area contributed by atoms with Crippen LogP contribution in [0.1, 0.15) is 46.3 Å². The molecule has 194 valence electrons. The summed E-state index contributed by atoms with van der Waals surface area (Å²) >= 11 is 0. The second kappa shape index (κ2) is 11.6. The van der Waals surface area contributed by atoms with Crippen molar-refractivity contribution in [2.75, 3.05) is 6.54 Å². The van der Waals surface area contributed by atoms with Gasteiger partial charge in [-0.05, 0) is 60.7 Å². The van der Waals surface area contributed by atoms with Crippen molar-refractivity contribution in [1.29, 1.82) is 0 Å². The molecule has 0 spiro atoms. The molecule has 5 heteroatoms. The predicted octanol–water partition coefficient (Wildman–Crippen LogP) is 6.37. The van der Waals surface area contributed by atoms with Crippen LogP contribution in [-0.2, 0) is 24.3 Å². The third-order valence-electron chi connectivity index (χ3n) is 7.12. The highest BCUT2D eigenvalue weighted by atomic mass is 19.1. The average molecular weight is 509 g/mol. The smallest absolute Gasteiger partial charge is 0.261 e. The van der Waals surface area contributed by atoms with Crippen LogP contribution < -0.4 is 10.1 Å². The fourth-order valence-electron chi connectivity index (χ4n) is 5.17. The highest BCUT2D eigenvalue weighted by Crippen LogP contribution is 2.38. The molecule has 0 saturated carbocycles. The number of aryl methyl sites for hydroxylation is 1. The highest BCUT2D eigenvalue weighted by Gasteiger charge is 2.30. The predicted molar refractivity (Wildman–Crippen MR) is 148 cm³/mol. The third-order valence-corrected chi connectivity index (χ3v) is 7.12. The van der Waals surface area contributed by atoms with Gasteiger partial charge in [-0.1, -0.05) is 84.4 Å². The van der Waals surface area contributed by atoms with E-state index in [1.165, 1.54) is 11.6 Å². The van der Waals surface area contributed by atoms with Crippen molar-refractivity contribution in [3.63, 3.8) is 0 Å². The molecule has 0 aromatic heterocycles. The summed E-state index contributed by atoms with van der Waals surface area (Å²) in [5.41, 5.74) is 6.41. The van der Waals surface area contributed by atoms with Gasteiger partial charge in [-0.3, -0.25) is 9.69 Å². The first-order valence-electron chi connectivity index (χ1n) is 13.1. The lowest BCUT2D eigenvalue weighted by Gasteiger charge is -2.38. The first kappa shape index (κ1) is 25.7. The van der Waals surface area contributed by atoms with Gasteiger partial charge in [0.05, 0.1) is 6.04 Å². The molecule has 38 heavy (non-hydrogen) atoms. The Bertz CT molecular complexity index is 1410. The maximum absolute atomic E-state index is 14.6. The second-order valence-electron chi connectivity index (χ2n) is 9.95. The van der Waals surface area contributed by atoms with Gasteiger partial charge in [0.25, 0.3) is 5.91 Å². The SMILES string of the molecule is Cc1cccc(CNC(=O)[C@@H](C)Oc2ccc3c(c2)[C@H](c2ccccc2)N(Cc2ccccc2F)CC3)c1. The number of nitrogens with zero attached hydrogens (tertiary/aromatic N) is 1. The Hall–Kier alpha value is -3.96. The summed E-state index contributed by atoms with van der Waals surface area (Å²) in [7, 11) is 0. The number of amides is 1. The van der Waals surface area contributed by atoms with Crippen LogP contribution >= 0.6 is 0 Å². The third kappa shape index (κ3) is 5.95. The van der Waals surface area contributed by atoms with Crippen molar-refractivity contribution in [1.82, 2.24) is 10.2 Å². The molecule has 1 heterocycles. The maximum atomic E-state index is 14.6. The molecule has 4 aromatic rings. The van der Waals surface area contributed by atoms with Crippen molar-refractivity contribution in [3.8, 4) is 5.75 Å². The first-order valence-corrected chi connectivity index (χ1v) is 13.1. The van der Waals surface area contributed by atoms with Gasteiger partial charge in [0.2, 0.25) is 0 Å². The van der Waals surface area contributed by atoms with E-state index in [-0.39, 0.29) is 17.8 Å². The van der Waals surface area contributed by atoms with Crippen molar-refractivity contribution in [2.24, 2.45) is 0 Å². The summed E-state index contributed by atoms with van der Waals surface area (Å²) in [6, 6.07) is 31.4. The summed E-state index contributed by atoms with van der Waals surface area (Å²) in [6.45, 7) is 5.59. The van der Waals surface area contributed by atoms with E-state index in [0.717, 1.165) is 35.2 Å². The van der Waals surface area contributed by atoms with Crippen molar-refractivity contribution in [3.05, 3.63) is 136 Å². The van der Waals surface area contributed by atoms with Gasteiger partial charge in [0, 0.05) is 25.2 Å². The summed E-state index contributed by atoms with van der Waals surface area (Å²) < 4.78 is 20.7. The van der Waals surface area contributed by atoms with E-state index in [9.17, 15) is 9.18 Å². The lowest BCUT2D eigenvalue weighted by Crippen LogP contribution is -2.37. The van der Waals surface area contributed by atoms with Crippen LogP contribution in [0.2, 0.25) is 0 Å². The molecule has 4 nitrogen and oxygen atoms in total. The lowest BCUT2D eigenvalue weighted by atomic mass is 9.87. The van der Waals surface area contributed by atoms with E-state index in [2.05, 4.69) is 34.5 Å². The number of carbonyl (C=O) groups is 1. The minimum Gasteiger partial charge on any atom is -0.481 e. The standard InChI is InChI=1S/C33H33FN2O2/c1-23-9-8-10-25(19-23)21-35-33(37)24(2)38-29-16-15-26-17-18-36(22-28-13-6-7-14-31(28)34)32(30(26)20-29)27-11-4-3-5-12-27/h3-16,19-20,24,32H,17-18,21-22H2,1-2H3,(H,35,37)/t24-,32+/m1/s1. The van der Waals surface area contributed by atoms with Crippen molar-refractivity contribution in [2.45, 2.75) is 45.5 Å². The van der Waals surface area contributed by atoms with Crippen LogP contribution in [0.15, 0.2) is 97.1 Å². The van der Waals surface area contributed by atoms with Gasteiger partial charge < -0.3 is 10.1 Å². The maximum Gasteiger partial charge on any atom is 0.261 e. The number of benzene rings is 4. The fourth-order valence-corrected chi connectivity index (χ4v) is 5.17. The molecule has 1 amide bonds. The number of hydrogen-bond donors (Lipinski definition) is 1. The van der Waals surface area contributed by atoms with Gasteiger partial charge >= 0.3 is 0 Å². The molecule has 4 aromatic carbocycles. The molecular formula is C33H33FN2O2. The van der Waals surface area contributed by atoms with E-state index < -0.39 is 6.10 Å². The zero-order valence-corrected chi connectivity index (χ0v) is 21.9. The van der Waals surface area contributed by atoms with E-state index >= 15 is 0 Å². The molecule has 0 bridgehead atoms. The Morgan fingerprint density at radius 1 is 1.00 bits per heavy atom. The van der Waals surface area contributed by atoms with E-state index in [4.69, 9.17) is 4.74 Å². The normalized spacial score (nSPS) is 15.9. The Balaban J connectivity index is 1.36. The first-order chi connectivity index (χ1) is 18.5. The number of hydrogen-bond acceptors (Lipinski definition) is 3. The van der Waals surface area contributed by atoms with E-state index in [1.807, 2.05) is 67.6 Å². The Labute approximate surface area is 224 Å². The molecule has 1 N–H and O–H groups in total. The Morgan fingerprint density at radius 2 is 1.79 bits per heavy atom. The van der Waals surface area contributed by atoms with Crippen LogP contribution in [0.5, 0.6) is 5.75 Å². The largest absolute Gasteiger partial charge is 0.481 e. The molecular weight excluding hydrogens is 475 g/mol. The number of halogens is 1. The second-order valence-corrected chi connectivity index (χ2v) is 9.95. The molecule has 1 aliphatic heterocycles. The summed E-state index contributed by atoms with van der Waals surface area (Å²) in [4.78, 5) is 15.1.